The summed E-state index contributed by atoms with van der Waals surface area (Å²) in [6.45, 7) is 1.23. The Balaban J connectivity index is 1.34. The number of hydrogen-bond acceptors (Lipinski definition) is 5. The molecule has 3 N–H and O–H groups in total. The number of amides is 2. The molecule has 2 aromatic carbocycles. The summed E-state index contributed by atoms with van der Waals surface area (Å²) >= 11 is 0. The molecule has 0 bridgehead atoms. The first-order valence-corrected chi connectivity index (χ1v) is 10.4. The van der Waals surface area contributed by atoms with Gasteiger partial charge < -0.3 is 25.1 Å². The number of fused-ring (bicyclic) bond motifs is 1. The average Bonchev–Trinajstić information content (AvgIpc) is 3.19. The number of aromatic amines is 1. The number of benzene rings is 2. The van der Waals surface area contributed by atoms with E-state index in [1.807, 2.05) is 43.5 Å². The smallest absolute Gasteiger partial charge is 0.306 e. The fraction of sp³-hybridized carbons (Fsp3) is 0.292. The Bertz CT molecular complexity index is 1110. The SMILES string of the molecule is COc1ccc(C)cc1NC(=O)CNC(=O)COC(=O)CCCc1c[nH]c2ccccc12. The number of para-hydroxylation sites is 1. The van der Waals surface area contributed by atoms with Crippen LogP contribution in [-0.2, 0) is 25.5 Å². The summed E-state index contributed by atoms with van der Waals surface area (Å²) in [5.41, 5.74) is 3.68. The maximum Gasteiger partial charge on any atom is 0.306 e. The molecular weight excluding hydrogens is 410 g/mol. The lowest BCUT2D eigenvalue weighted by atomic mass is 10.1. The molecule has 0 aliphatic heterocycles. The summed E-state index contributed by atoms with van der Waals surface area (Å²) in [6, 6.07) is 13.4. The number of H-pyrrole nitrogens is 1. The van der Waals surface area contributed by atoms with Crippen LogP contribution in [0.3, 0.4) is 0 Å². The largest absolute Gasteiger partial charge is 0.495 e. The van der Waals surface area contributed by atoms with Gasteiger partial charge in [0.1, 0.15) is 5.75 Å². The second kappa shape index (κ2) is 11.0. The van der Waals surface area contributed by atoms with Crippen LogP contribution in [0.4, 0.5) is 5.69 Å². The molecule has 168 valence electrons. The number of aromatic nitrogens is 1. The number of methoxy groups -OCH3 is 1. The monoisotopic (exact) mass is 437 g/mol. The van der Waals surface area contributed by atoms with Crippen molar-refractivity contribution in [3.05, 3.63) is 59.8 Å². The Morgan fingerprint density at radius 2 is 1.88 bits per heavy atom. The minimum absolute atomic E-state index is 0.209. The van der Waals surface area contributed by atoms with Gasteiger partial charge in [0, 0.05) is 23.5 Å². The minimum Gasteiger partial charge on any atom is -0.495 e. The van der Waals surface area contributed by atoms with Crippen molar-refractivity contribution in [2.75, 3.05) is 25.6 Å². The lowest BCUT2D eigenvalue weighted by molar-refractivity contribution is -0.148. The Morgan fingerprint density at radius 3 is 2.69 bits per heavy atom. The van der Waals surface area contributed by atoms with Gasteiger partial charge in [0.2, 0.25) is 5.91 Å². The number of hydrogen-bond donors (Lipinski definition) is 3. The summed E-state index contributed by atoms with van der Waals surface area (Å²) in [5, 5.41) is 6.26. The Morgan fingerprint density at radius 1 is 1.06 bits per heavy atom. The number of anilines is 1. The lowest BCUT2D eigenvalue weighted by Crippen LogP contribution is -2.35. The van der Waals surface area contributed by atoms with Crippen molar-refractivity contribution in [2.24, 2.45) is 0 Å². The van der Waals surface area contributed by atoms with E-state index in [-0.39, 0.29) is 13.0 Å². The van der Waals surface area contributed by atoms with Crippen LogP contribution in [0.25, 0.3) is 10.9 Å². The normalized spacial score (nSPS) is 10.6. The Labute approximate surface area is 186 Å². The standard InChI is InChI=1S/C24H27N3O5/c1-16-10-11-21(31-2)20(12-16)27-22(28)14-26-23(29)15-32-24(30)9-5-6-17-13-25-19-8-4-3-7-18(17)19/h3-4,7-8,10-13,25H,5-6,9,14-15H2,1-2H3,(H,26,29)(H,27,28). The van der Waals surface area contributed by atoms with Gasteiger partial charge in [-0.2, -0.15) is 0 Å². The van der Waals surface area contributed by atoms with Crippen LogP contribution >= 0.6 is 0 Å². The molecule has 0 saturated carbocycles. The molecule has 0 aliphatic carbocycles. The van der Waals surface area contributed by atoms with Gasteiger partial charge in [0.05, 0.1) is 19.3 Å². The van der Waals surface area contributed by atoms with Crippen LogP contribution in [0, 0.1) is 6.92 Å². The van der Waals surface area contributed by atoms with E-state index in [0.29, 0.717) is 17.9 Å². The molecule has 0 fully saturated rings. The highest BCUT2D eigenvalue weighted by molar-refractivity contribution is 5.96. The van der Waals surface area contributed by atoms with Gasteiger partial charge in [0.15, 0.2) is 6.61 Å². The fourth-order valence-electron chi connectivity index (χ4n) is 3.32. The molecule has 0 spiro atoms. The van der Waals surface area contributed by atoms with Gasteiger partial charge in [-0.05, 0) is 49.1 Å². The number of esters is 1. The van der Waals surface area contributed by atoms with Crippen molar-refractivity contribution in [2.45, 2.75) is 26.2 Å². The summed E-state index contributed by atoms with van der Waals surface area (Å²) in [4.78, 5) is 39.1. The zero-order valence-corrected chi connectivity index (χ0v) is 18.2. The molecule has 0 aliphatic rings. The lowest BCUT2D eigenvalue weighted by Gasteiger charge is -2.11. The van der Waals surface area contributed by atoms with Crippen molar-refractivity contribution in [3.8, 4) is 5.75 Å². The quantitative estimate of drug-likeness (QED) is 0.422. The van der Waals surface area contributed by atoms with Gasteiger partial charge in [0.25, 0.3) is 5.91 Å². The first kappa shape index (κ1) is 22.9. The van der Waals surface area contributed by atoms with Crippen LogP contribution in [0.15, 0.2) is 48.7 Å². The van der Waals surface area contributed by atoms with Gasteiger partial charge in [-0.15, -0.1) is 0 Å². The van der Waals surface area contributed by atoms with E-state index in [1.165, 1.54) is 7.11 Å². The number of ether oxygens (including phenoxy) is 2. The second-order valence-corrected chi connectivity index (χ2v) is 7.40. The maximum atomic E-state index is 12.1. The summed E-state index contributed by atoms with van der Waals surface area (Å²) in [5.74, 6) is -0.876. The predicted octanol–water partition coefficient (Wildman–Crippen LogP) is 3.11. The maximum absolute atomic E-state index is 12.1. The summed E-state index contributed by atoms with van der Waals surface area (Å²) < 4.78 is 10.2. The zero-order valence-electron chi connectivity index (χ0n) is 18.2. The highest BCUT2D eigenvalue weighted by Gasteiger charge is 2.12. The van der Waals surface area contributed by atoms with Crippen LogP contribution < -0.4 is 15.4 Å². The average molecular weight is 437 g/mol. The molecule has 8 nitrogen and oxygen atoms in total. The minimum atomic E-state index is -0.540. The van der Waals surface area contributed by atoms with E-state index in [1.54, 1.807) is 12.1 Å². The molecular formula is C24H27N3O5. The molecule has 1 aromatic heterocycles. The Kier molecular flexibility index (Phi) is 7.85. The van der Waals surface area contributed by atoms with Gasteiger partial charge in [-0.1, -0.05) is 24.3 Å². The predicted molar refractivity (Wildman–Crippen MR) is 122 cm³/mol. The molecule has 3 rings (SSSR count). The molecule has 0 radical (unpaired) electrons. The topological polar surface area (TPSA) is 110 Å². The number of carbonyl (C=O) groups is 3. The number of aryl methyl sites for hydroxylation is 2. The third-order valence-corrected chi connectivity index (χ3v) is 4.94. The number of nitrogens with one attached hydrogen (secondary N) is 3. The van der Waals surface area contributed by atoms with Crippen LogP contribution in [0.1, 0.15) is 24.0 Å². The van der Waals surface area contributed by atoms with Crippen LogP contribution in [0.5, 0.6) is 5.75 Å². The summed E-state index contributed by atoms with van der Waals surface area (Å²) in [6.07, 6.45) is 3.50. The van der Waals surface area contributed by atoms with E-state index in [9.17, 15) is 14.4 Å². The molecule has 32 heavy (non-hydrogen) atoms. The van der Waals surface area contributed by atoms with Gasteiger partial charge in [-0.25, -0.2) is 0 Å². The molecule has 0 saturated heterocycles. The van der Waals surface area contributed by atoms with Crippen molar-refractivity contribution in [1.82, 2.24) is 10.3 Å². The van der Waals surface area contributed by atoms with Gasteiger partial charge >= 0.3 is 5.97 Å². The highest BCUT2D eigenvalue weighted by atomic mass is 16.5. The van der Waals surface area contributed by atoms with E-state index in [2.05, 4.69) is 15.6 Å². The third kappa shape index (κ3) is 6.34. The van der Waals surface area contributed by atoms with E-state index >= 15 is 0 Å². The summed E-state index contributed by atoms with van der Waals surface area (Å²) in [7, 11) is 1.51. The van der Waals surface area contributed by atoms with Crippen molar-refractivity contribution >= 4 is 34.4 Å². The molecule has 1 heterocycles. The van der Waals surface area contributed by atoms with Crippen molar-refractivity contribution in [3.63, 3.8) is 0 Å². The first-order chi connectivity index (χ1) is 15.5. The second-order valence-electron chi connectivity index (χ2n) is 7.40. The van der Waals surface area contributed by atoms with Crippen LogP contribution in [0.2, 0.25) is 0 Å². The van der Waals surface area contributed by atoms with E-state index < -0.39 is 24.4 Å². The van der Waals surface area contributed by atoms with Crippen molar-refractivity contribution < 1.29 is 23.9 Å². The Hall–Kier alpha value is -3.81. The number of rotatable bonds is 10. The first-order valence-electron chi connectivity index (χ1n) is 10.4. The molecule has 3 aromatic rings. The molecule has 2 amide bonds. The molecule has 0 unspecified atom stereocenters. The number of carbonyl (C=O) groups excluding carboxylic acids is 3. The van der Waals surface area contributed by atoms with E-state index in [0.717, 1.165) is 28.5 Å². The highest BCUT2D eigenvalue weighted by Crippen LogP contribution is 2.25. The third-order valence-electron chi connectivity index (χ3n) is 4.94. The molecule has 8 heteroatoms. The fourth-order valence-corrected chi connectivity index (χ4v) is 3.32. The van der Waals surface area contributed by atoms with Crippen LogP contribution in [-0.4, -0.2) is 43.0 Å². The molecule has 0 atom stereocenters. The van der Waals surface area contributed by atoms with E-state index in [4.69, 9.17) is 9.47 Å². The van der Waals surface area contributed by atoms with Gasteiger partial charge in [-0.3, -0.25) is 14.4 Å². The zero-order chi connectivity index (χ0) is 22.9. The van der Waals surface area contributed by atoms with Crippen molar-refractivity contribution in [1.29, 1.82) is 0 Å².